The van der Waals surface area contributed by atoms with Crippen molar-refractivity contribution in [3.63, 3.8) is 0 Å². The Hall–Kier alpha value is -1.81. The predicted molar refractivity (Wildman–Crippen MR) is 77.1 cm³/mol. The lowest BCUT2D eigenvalue weighted by molar-refractivity contribution is -0.124. The smallest absolute Gasteiger partial charge is 0.230 e. The number of carbonyl (C=O) groups excluding carboxylic acids is 1. The molecule has 19 heavy (non-hydrogen) atoms. The van der Waals surface area contributed by atoms with Crippen LogP contribution in [-0.4, -0.2) is 24.0 Å². The Bertz CT molecular complexity index is 625. The maximum absolute atomic E-state index is 12.4. The average Bonchev–Trinajstić information content (AvgIpc) is 2.69. The van der Waals surface area contributed by atoms with E-state index in [0.29, 0.717) is 0 Å². The first-order valence-corrected chi connectivity index (χ1v) is 6.68. The van der Waals surface area contributed by atoms with Crippen molar-refractivity contribution in [3.05, 3.63) is 30.0 Å². The molecule has 4 nitrogen and oxygen atoms in total. The molecule has 1 aliphatic rings. The molecule has 0 aliphatic heterocycles. The number of fused-ring (bicyclic) bond motifs is 1. The van der Waals surface area contributed by atoms with Gasteiger partial charge in [-0.2, -0.15) is 0 Å². The molecule has 0 bridgehead atoms. The molecule has 0 unspecified atom stereocenters. The lowest BCUT2D eigenvalue weighted by Gasteiger charge is -2.34. The molecule has 0 atom stereocenters. The van der Waals surface area contributed by atoms with Gasteiger partial charge in [0, 0.05) is 35.6 Å². The quantitative estimate of drug-likeness (QED) is 0.866. The molecule has 3 rings (SSSR count). The van der Waals surface area contributed by atoms with Crippen LogP contribution in [0.3, 0.4) is 0 Å². The van der Waals surface area contributed by atoms with E-state index in [1.165, 1.54) is 0 Å². The van der Waals surface area contributed by atoms with Crippen LogP contribution in [0.25, 0.3) is 10.9 Å². The zero-order chi connectivity index (χ0) is 13.6. The highest BCUT2D eigenvalue weighted by atomic mass is 16.2. The minimum atomic E-state index is 0.0908. The first-order chi connectivity index (χ1) is 9.08. The number of amides is 1. The predicted octanol–water partition coefficient (Wildman–Crippen LogP) is 2.18. The van der Waals surface area contributed by atoms with Gasteiger partial charge in [0.05, 0.1) is 5.69 Å². The molecule has 1 heterocycles. The van der Waals surface area contributed by atoms with Crippen LogP contribution in [0, 0.1) is 12.8 Å². The Balaban J connectivity index is 1.95. The van der Waals surface area contributed by atoms with E-state index in [1.54, 1.807) is 4.90 Å². The Labute approximate surface area is 112 Å². The van der Waals surface area contributed by atoms with Gasteiger partial charge in [0.25, 0.3) is 0 Å². The first kappa shape index (κ1) is 12.2. The number of aryl methyl sites for hydroxylation is 1. The highest BCUT2D eigenvalue weighted by Gasteiger charge is 2.35. The summed E-state index contributed by atoms with van der Waals surface area (Å²) in [4.78, 5) is 17.5. The van der Waals surface area contributed by atoms with Gasteiger partial charge in [-0.25, -0.2) is 0 Å². The zero-order valence-electron chi connectivity index (χ0n) is 11.3. The highest BCUT2D eigenvalue weighted by molar-refractivity contribution is 6.05. The summed E-state index contributed by atoms with van der Waals surface area (Å²) < 4.78 is 0. The summed E-state index contributed by atoms with van der Waals surface area (Å²) in [7, 11) is 1.86. The molecule has 2 aromatic rings. The van der Waals surface area contributed by atoms with Crippen molar-refractivity contribution in [2.24, 2.45) is 11.7 Å². The number of nitrogens with one attached hydrogen (secondary N) is 1. The van der Waals surface area contributed by atoms with Crippen molar-refractivity contribution in [2.75, 3.05) is 11.9 Å². The third-order valence-corrected chi connectivity index (χ3v) is 4.05. The zero-order valence-corrected chi connectivity index (χ0v) is 11.3. The molecule has 4 heteroatoms. The molecule has 1 saturated carbocycles. The molecule has 1 aliphatic carbocycles. The van der Waals surface area contributed by atoms with Crippen molar-refractivity contribution in [2.45, 2.75) is 25.8 Å². The lowest BCUT2D eigenvalue weighted by atomic mass is 9.80. The molecule has 1 amide bonds. The van der Waals surface area contributed by atoms with Gasteiger partial charge in [0.1, 0.15) is 0 Å². The number of benzene rings is 1. The van der Waals surface area contributed by atoms with E-state index < -0.39 is 0 Å². The molecule has 1 aromatic heterocycles. The summed E-state index contributed by atoms with van der Waals surface area (Å²) in [6, 6.07) is 8.27. The van der Waals surface area contributed by atoms with Crippen LogP contribution in [-0.2, 0) is 4.79 Å². The number of aromatic amines is 1. The number of nitrogens with zero attached hydrogens (tertiary/aromatic N) is 1. The molecule has 3 N–H and O–H groups in total. The van der Waals surface area contributed by atoms with Crippen LogP contribution < -0.4 is 10.6 Å². The van der Waals surface area contributed by atoms with E-state index in [9.17, 15) is 4.79 Å². The number of H-pyrrole nitrogens is 1. The largest absolute Gasteiger partial charge is 0.357 e. The average molecular weight is 257 g/mol. The number of para-hydroxylation sites is 1. The van der Waals surface area contributed by atoms with Crippen LogP contribution >= 0.6 is 0 Å². The number of hydrogen-bond acceptors (Lipinski definition) is 2. The molecule has 0 saturated heterocycles. The van der Waals surface area contributed by atoms with Crippen molar-refractivity contribution >= 4 is 22.5 Å². The van der Waals surface area contributed by atoms with Crippen molar-refractivity contribution < 1.29 is 4.79 Å². The third-order valence-electron chi connectivity index (χ3n) is 4.05. The summed E-state index contributed by atoms with van der Waals surface area (Å²) >= 11 is 0. The van der Waals surface area contributed by atoms with Gasteiger partial charge in [-0.15, -0.1) is 0 Å². The number of rotatable bonds is 2. The van der Waals surface area contributed by atoms with Gasteiger partial charge < -0.3 is 15.6 Å². The second-order valence-electron chi connectivity index (χ2n) is 5.47. The van der Waals surface area contributed by atoms with Crippen LogP contribution in [0.15, 0.2) is 24.3 Å². The highest BCUT2D eigenvalue weighted by Crippen LogP contribution is 2.34. The number of hydrogen-bond donors (Lipinski definition) is 2. The minimum Gasteiger partial charge on any atom is -0.357 e. The van der Waals surface area contributed by atoms with Gasteiger partial charge in [-0.3, -0.25) is 4.79 Å². The molecule has 0 radical (unpaired) electrons. The number of nitrogens with two attached hydrogens (primary N) is 1. The Morgan fingerprint density at radius 1 is 1.37 bits per heavy atom. The number of anilines is 1. The summed E-state index contributed by atoms with van der Waals surface area (Å²) in [6.45, 7) is 2.01. The molecule has 1 fully saturated rings. The molecule has 1 aromatic carbocycles. The number of aromatic nitrogens is 1. The fraction of sp³-hybridized carbons (Fsp3) is 0.400. The Kier molecular flexibility index (Phi) is 2.82. The summed E-state index contributed by atoms with van der Waals surface area (Å²) in [6.07, 6.45) is 1.62. The van der Waals surface area contributed by atoms with Crippen LogP contribution in [0.1, 0.15) is 18.5 Å². The van der Waals surface area contributed by atoms with E-state index in [1.807, 2.05) is 38.2 Å². The fourth-order valence-corrected chi connectivity index (χ4v) is 2.94. The molecule has 100 valence electrons. The molecular weight excluding hydrogens is 238 g/mol. The topological polar surface area (TPSA) is 62.1 Å². The van der Waals surface area contributed by atoms with Gasteiger partial charge in [-0.1, -0.05) is 18.2 Å². The molecular formula is C15H19N3O. The lowest BCUT2D eigenvalue weighted by Crippen LogP contribution is -2.45. The second-order valence-corrected chi connectivity index (χ2v) is 5.47. The number of carbonyl (C=O) groups is 1. The van der Waals surface area contributed by atoms with Crippen LogP contribution in [0.4, 0.5) is 5.69 Å². The fourth-order valence-electron chi connectivity index (χ4n) is 2.94. The normalized spacial score (nSPS) is 22.3. The monoisotopic (exact) mass is 257 g/mol. The van der Waals surface area contributed by atoms with Gasteiger partial charge in [-0.05, 0) is 25.8 Å². The van der Waals surface area contributed by atoms with Gasteiger partial charge in [0.2, 0.25) is 5.91 Å². The SMILES string of the molecule is Cc1[nH]c2ccccc2c1N(C)C(=O)C1CC(N)C1. The van der Waals surface area contributed by atoms with Crippen LogP contribution in [0.5, 0.6) is 0 Å². The minimum absolute atomic E-state index is 0.0908. The maximum Gasteiger partial charge on any atom is 0.230 e. The first-order valence-electron chi connectivity index (χ1n) is 6.68. The second kappa shape index (κ2) is 4.38. The summed E-state index contributed by atoms with van der Waals surface area (Å²) in [5.74, 6) is 0.266. The van der Waals surface area contributed by atoms with Gasteiger partial charge >= 0.3 is 0 Å². The van der Waals surface area contributed by atoms with Crippen molar-refractivity contribution in [1.29, 1.82) is 0 Å². The van der Waals surface area contributed by atoms with E-state index >= 15 is 0 Å². The van der Waals surface area contributed by atoms with Crippen LogP contribution in [0.2, 0.25) is 0 Å². The third kappa shape index (κ3) is 1.92. The van der Waals surface area contributed by atoms with E-state index in [2.05, 4.69) is 4.98 Å². The van der Waals surface area contributed by atoms with E-state index in [4.69, 9.17) is 5.73 Å². The van der Waals surface area contributed by atoms with E-state index in [0.717, 1.165) is 35.1 Å². The Morgan fingerprint density at radius 3 is 2.74 bits per heavy atom. The standard InChI is InChI=1S/C15H19N3O/c1-9-14(12-5-3-4-6-13(12)17-9)18(2)15(19)10-7-11(16)8-10/h3-6,10-11,17H,7-8,16H2,1-2H3. The van der Waals surface area contributed by atoms with Gasteiger partial charge in [0.15, 0.2) is 0 Å². The summed E-state index contributed by atoms with van der Waals surface area (Å²) in [5.41, 5.74) is 8.85. The maximum atomic E-state index is 12.4. The van der Waals surface area contributed by atoms with Crippen molar-refractivity contribution in [1.82, 2.24) is 4.98 Å². The molecule has 0 spiro atoms. The van der Waals surface area contributed by atoms with E-state index in [-0.39, 0.29) is 17.9 Å². The Morgan fingerprint density at radius 2 is 2.05 bits per heavy atom. The van der Waals surface area contributed by atoms with Crippen molar-refractivity contribution in [3.8, 4) is 0 Å². The summed E-state index contributed by atoms with van der Waals surface area (Å²) in [5, 5.41) is 1.10.